The maximum Gasteiger partial charge on any atom is 0.178 e. The Bertz CT molecular complexity index is 955. The molecule has 0 aliphatic heterocycles. The summed E-state index contributed by atoms with van der Waals surface area (Å²) in [6.07, 6.45) is 3.49. The average molecular weight is 299 g/mol. The maximum atomic E-state index is 6.30. The van der Waals surface area contributed by atoms with Crippen LogP contribution in [0, 0.1) is 0 Å². The van der Waals surface area contributed by atoms with Gasteiger partial charge in [0.1, 0.15) is 5.52 Å². The zero-order valence-electron chi connectivity index (χ0n) is 11.1. The summed E-state index contributed by atoms with van der Waals surface area (Å²) in [6.45, 7) is 0. The highest BCUT2D eigenvalue weighted by Crippen LogP contribution is 2.30. The third-order valence-electron chi connectivity index (χ3n) is 3.40. The van der Waals surface area contributed by atoms with Crippen LogP contribution in [0.2, 0.25) is 5.02 Å². The molecule has 0 bridgehead atoms. The summed E-state index contributed by atoms with van der Waals surface area (Å²) < 4.78 is 1.79. The predicted octanol–water partition coefficient (Wildman–Crippen LogP) is 3.24. The van der Waals surface area contributed by atoms with E-state index >= 15 is 0 Å². The van der Waals surface area contributed by atoms with E-state index in [9.17, 15) is 0 Å². The molecule has 0 fully saturated rings. The van der Waals surface area contributed by atoms with Crippen LogP contribution in [-0.2, 0) is 7.05 Å². The third-order valence-corrected chi connectivity index (χ3v) is 3.71. The number of aromatic amines is 1. The summed E-state index contributed by atoms with van der Waals surface area (Å²) in [5.41, 5.74) is 3.47. The summed E-state index contributed by atoms with van der Waals surface area (Å²) in [4.78, 5) is 4.32. The van der Waals surface area contributed by atoms with Crippen LogP contribution >= 0.6 is 11.6 Å². The van der Waals surface area contributed by atoms with Gasteiger partial charge in [-0.3, -0.25) is 14.8 Å². The van der Waals surface area contributed by atoms with Gasteiger partial charge >= 0.3 is 0 Å². The van der Waals surface area contributed by atoms with Crippen molar-refractivity contribution < 1.29 is 0 Å². The standard InChI is InChI=1S/C14H11ClN6/c1-21-12-6-8(5-10(15)9(12)7-17-21)18-14-13-11(19-20-14)3-2-4-16-13/h2-7H,1H3,(H2,18,19,20). The number of H-pyrrole nitrogens is 1. The van der Waals surface area contributed by atoms with Gasteiger partial charge in [0.2, 0.25) is 0 Å². The summed E-state index contributed by atoms with van der Waals surface area (Å²) >= 11 is 6.30. The molecule has 0 unspecified atom stereocenters. The molecule has 21 heavy (non-hydrogen) atoms. The van der Waals surface area contributed by atoms with E-state index in [0.29, 0.717) is 10.8 Å². The van der Waals surface area contributed by atoms with Crippen molar-refractivity contribution in [3.8, 4) is 0 Å². The second-order valence-electron chi connectivity index (χ2n) is 4.76. The minimum absolute atomic E-state index is 0.649. The topological polar surface area (TPSA) is 71.4 Å². The van der Waals surface area contributed by atoms with Gasteiger partial charge in [0.25, 0.3) is 0 Å². The van der Waals surface area contributed by atoms with E-state index in [-0.39, 0.29) is 0 Å². The van der Waals surface area contributed by atoms with Crippen LogP contribution in [0.25, 0.3) is 21.9 Å². The Hall–Kier alpha value is -2.60. The van der Waals surface area contributed by atoms with E-state index in [2.05, 4.69) is 25.6 Å². The molecular formula is C14H11ClN6. The van der Waals surface area contributed by atoms with Crippen molar-refractivity contribution >= 4 is 45.0 Å². The van der Waals surface area contributed by atoms with Crippen LogP contribution in [0.1, 0.15) is 0 Å². The van der Waals surface area contributed by atoms with Gasteiger partial charge in [-0.1, -0.05) is 11.6 Å². The zero-order valence-corrected chi connectivity index (χ0v) is 11.9. The molecule has 4 rings (SSSR count). The fourth-order valence-corrected chi connectivity index (χ4v) is 2.62. The largest absolute Gasteiger partial charge is 0.337 e. The Morgan fingerprint density at radius 2 is 2.24 bits per heavy atom. The average Bonchev–Trinajstić information content (AvgIpc) is 3.05. The molecule has 6 nitrogen and oxygen atoms in total. The Balaban J connectivity index is 1.82. The normalized spacial score (nSPS) is 11.3. The minimum atomic E-state index is 0.649. The SMILES string of the molecule is Cn1ncc2c(Cl)cc(Nc3n[nH]c4cccnc34)cc21. The Labute approximate surface area is 124 Å². The van der Waals surface area contributed by atoms with Crippen molar-refractivity contribution in [3.63, 3.8) is 0 Å². The summed E-state index contributed by atoms with van der Waals surface area (Å²) in [5.74, 6) is 0.670. The number of pyridine rings is 1. The maximum absolute atomic E-state index is 6.30. The van der Waals surface area contributed by atoms with Gasteiger partial charge in [-0.2, -0.15) is 10.2 Å². The smallest absolute Gasteiger partial charge is 0.178 e. The monoisotopic (exact) mass is 298 g/mol. The second-order valence-corrected chi connectivity index (χ2v) is 5.16. The quantitative estimate of drug-likeness (QED) is 0.596. The lowest BCUT2D eigenvalue weighted by Crippen LogP contribution is -1.94. The minimum Gasteiger partial charge on any atom is -0.337 e. The number of aryl methyl sites for hydroxylation is 1. The molecule has 2 N–H and O–H groups in total. The Morgan fingerprint density at radius 3 is 3.14 bits per heavy atom. The Morgan fingerprint density at radius 1 is 1.33 bits per heavy atom. The number of hydrogen-bond donors (Lipinski definition) is 2. The molecule has 0 aliphatic rings. The first kappa shape index (κ1) is 12.2. The van der Waals surface area contributed by atoms with Gasteiger partial charge in [-0.05, 0) is 24.3 Å². The van der Waals surface area contributed by atoms with Gasteiger partial charge < -0.3 is 5.32 Å². The first-order valence-corrected chi connectivity index (χ1v) is 6.77. The van der Waals surface area contributed by atoms with Crippen molar-refractivity contribution in [3.05, 3.63) is 41.7 Å². The van der Waals surface area contributed by atoms with E-state index in [1.807, 2.05) is 31.3 Å². The molecule has 7 heteroatoms. The number of nitrogens with one attached hydrogen (secondary N) is 2. The van der Waals surface area contributed by atoms with Crippen LogP contribution in [0.15, 0.2) is 36.7 Å². The second kappa shape index (κ2) is 4.46. The van der Waals surface area contributed by atoms with Crippen LogP contribution in [0.5, 0.6) is 0 Å². The van der Waals surface area contributed by atoms with Gasteiger partial charge in [0.15, 0.2) is 5.82 Å². The highest BCUT2D eigenvalue weighted by atomic mass is 35.5. The van der Waals surface area contributed by atoms with E-state index in [1.165, 1.54) is 0 Å². The number of benzene rings is 1. The number of hydrogen-bond acceptors (Lipinski definition) is 4. The highest BCUT2D eigenvalue weighted by Gasteiger charge is 2.10. The van der Waals surface area contributed by atoms with Gasteiger partial charge in [0.05, 0.1) is 22.3 Å². The van der Waals surface area contributed by atoms with Gasteiger partial charge in [0, 0.05) is 24.3 Å². The van der Waals surface area contributed by atoms with E-state index in [1.54, 1.807) is 17.1 Å². The van der Waals surface area contributed by atoms with Crippen molar-refractivity contribution in [1.29, 1.82) is 0 Å². The first-order valence-electron chi connectivity index (χ1n) is 6.40. The fourth-order valence-electron chi connectivity index (χ4n) is 2.35. The number of nitrogens with zero attached hydrogens (tertiary/aromatic N) is 4. The molecule has 0 atom stereocenters. The third kappa shape index (κ3) is 1.92. The van der Waals surface area contributed by atoms with Crippen LogP contribution in [-0.4, -0.2) is 25.0 Å². The first-order chi connectivity index (χ1) is 10.2. The molecule has 3 heterocycles. The van der Waals surface area contributed by atoms with E-state index in [0.717, 1.165) is 27.6 Å². The molecule has 0 radical (unpaired) electrons. The van der Waals surface area contributed by atoms with Crippen molar-refractivity contribution in [1.82, 2.24) is 25.0 Å². The number of anilines is 2. The number of rotatable bonds is 2. The fraction of sp³-hybridized carbons (Fsp3) is 0.0714. The Kier molecular flexibility index (Phi) is 2.58. The van der Waals surface area contributed by atoms with Gasteiger partial charge in [-0.25, -0.2) is 0 Å². The van der Waals surface area contributed by atoms with Crippen molar-refractivity contribution in [2.45, 2.75) is 0 Å². The lowest BCUT2D eigenvalue weighted by molar-refractivity contribution is 0.797. The number of halogens is 1. The summed E-state index contributed by atoms with van der Waals surface area (Å²) in [6, 6.07) is 7.63. The zero-order chi connectivity index (χ0) is 14.4. The molecule has 0 spiro atoms. The molecule has 0 saturated heterocycles. The highest BCUT2D eigenvalue weighted by molar-refractivity contribution is 6.35. The predicted molar refractivity (Wildman–Crippen MR) is 82.9 cm³/mol. The van der Waals surface area contributed by atoms with Crippen LogP contribution in [0.4, 0.5) is 11.5 Å². The lowest BCUT2D eigenvalue weighted by atomic mass is 10.2. The van der Waals surface area contributed by atoms with Gasteiger partial charge in [-0.15, -0.1) is 0 Å². The van der Waals surface area contributed by atoms with Crippen LogP contribution < -0.4 is 5.32 Å². The molecular weight excluding hydrogens is 288 g/mol. The number of aromatic nitrogens is 5. The summed E-state index contributed by atoms with van der Waals surface area (Å²) in [5, 5.41) is 16.2. The molecule has 0 amide bonds. The number of fused-ring (bicyclic) bond motifs is 2. The molecule has 4 aromatic rings. The summed E-state index contributed by atoms with van der Waals surface area (Å²) in [7, 11) is 1.88. The molecule has 104 valence electrons. The molecule has 0 aliphatic carbocycles. The van der Waals surface area contributed by atoms with Crippen molar-refractivity contribution in [2.75, 3.05) is 5.32 Å². The van der Waals surface area contributed by atoms with Crippen molar-refractivity contribution in [2.24, 2.45) is 7.05 Å². The molecule has 0 saturated carbocycles. The molecule has 3 aromatic heterocycles. The van der Waals surface area contributed by atoms with E-state index in [4.69, 9.17) is 11.6 Å². The molecule has 1 aromatic carbocycles. The van der Waals surface area contributed by atoms with E-state index < -0.39 is 0 Å². The van der Waals surface area contributed by atoms with Crippen LogP contribution in [0.3, 0.4) is 0 Å². The lowest BCUT2D eigenvalue weighted by Gasteiger charge is -2.05.